The van der Waals surface area contributed by atoms with Gasteiger partial charge < -0.3 is 10.5 Å². The molecule has 0 bridgehead atoms. The average molecular weight is 241 g/mol. The smallest absolute Gasteiger partial charge is 0.146 e. The molecule has 0 aromatic carbocycles. The quantitative estimate of drug-likeness (QED) is 0.455. The number of unbranched alkanes of at least 4 members (excludes halogenated alkanes) is 8. The number of hydrogen-bond acceptors (Lipinski definition) is 2. The van der Waals surface area contributed by atoms with Gasteiger partial charge in [0.15, 0.2) is 0 Å². The van der Waals surface area contributed by atoms with E-state index in [2.05, 4.69) is 20.8 Å². The highest BCUT2D eigenvalue weighted by Gasteiger charge is 2.60. The Morgan fingerprint density at radius 3 is 1.65 bits per heavy atom. The number of epoxide rings is 1. The Bertz CT molecular complexity index is 215. The van der Waals surface area contributed by atoms with Gasteiger partial charge in [0.25, 0.3) is 0 Å². The van der Waals surface area contributed by atoms with Crippen molar-refractivity contribution in [1.82, 2.24) is 0 Å². The van der Waals surface area contributed by atoms with E-state index in [1.165, 1.54) is 57.8 Å². The van der Waals surface area contributed by atoms with E-state index in [9.17, 15) is 0 Å². The molecule has 1 atom stereocenters. The molecular formula is C15H31NO. The first-order valence-electron chi connectivity index (χ1n) is 7.51. The van der Waals surface area contributed by atoms with Crippen LogP contribution in [0.4, 0.5) is 0 Å². The summed E-state index contributed by atoms with van der Waals surface area (Å²) in [5.74, 6) is 0. The van der Waals surface area contributed by atoms with Crippen LogP contribution in [0.25, 0.3) is 0 Å². The van der Waals surface area contributed by atoms with Crippen LogP contribution in [0, 0.1) is 0 Å². The van der Waals surface area contributed by atoms with Gasteiger partial charge in [-0.05, 0) is 26.7 Å². The van der Waals surface area contributed by atoms with Crippen molar-refractivity contribution in [1.29, 1.82) is 0 Å². The van der Waals surface area contributed by atoms with Crippen LogP contribution in [0.3, 0.4) is 0 Å². The molecule has 0 saturated carbocycles. The normalized spacial score (nSPS) is 26.1. The van der Waals surface area contributed by atoms with Gasteiger partial charge in [0.05, 0.1) is 0 Å². The van der Waals surface area contributed by atoms with Crippen LogP contribution in [-0.4, -0.2) is 11.3 Å². The van der Waals surface area contributed by atoms with Crippen molar-refractivity contribution in [2.75, 3.05) is 0 Å². The highest BCUT2D eigenvalue weighted by atomic mass is 16.6. The lowest BCUT2D eigenvalue weighted by atomic mass is 9.98. The molecule has 1 aliphatic heterocycles. The van der Waals surface area contributed by atoms with Crippen molar-refractivity contribution >= 4 is 0 Å². The Morgan fingerprint density at radius 1 is 0.824 bits per heavy atom. The standard InChI is InChI=1S/C15H31NO/c1-4-5-6-7-8-9-10-11-12-13-15(16)14(2,3)17-15/h4-13,16H2,1-3H3. The van der Waals surface area contributed by atoms with Crippen molar-refractivity contribution in [3.8, 4) is 0 Å². The van der Waals surface area contributed by atoms with Gasteiger partial charge in [-0.15, -0.1) is 0 Å². The Balaban J connectivity index is 1.83. The second kappa shape index (κ2) is 6.75. The molecule has 0 radical (unpaired) electrons. The zero-order valence-electron chi connectivity index (χ0n) is 12.1. The van der Waals surface area contributed by atoms with Gasteiger partial charge in [0.1, 0.15) is 11.3 Å². The zero-order chi connectivity index (χ0) is 12.8. The van der Waals surface area contributed by atoms with E-state index in [0.717, 1.165) is 6.42 Å². The molecule has 1 aliphatic rings. The van der Waals surface area contributed by atoms with Gasteiger partial charge >= 0.3 is 0 Å². The SMILES string of the molecule is CCCCCCCCCCCC1(N)OC1(C)C. The van der Waals surface area contributed by atoms with E-state index in [4.69, 9.17) is 10.5 Å². The van der Waals surface area contributed by atoms with Gasteiger partial charge in [-0.3, -0.25) is 0 Å². The first-order valence-corrected chi connectivity index (χ1v) is 7.51. The predicted molar refractivity (Wildman–Crippen MR) is 73.9 cm³/mol. The summed E-state index contributed by atoms with van der Waals surface area (Å²) in [6.07, 6.45) is 13.3. The van der Waals surface area contributed by atoms with E-state index < -0.39 is 0 Å². The monoisotopic (exact) mass is 241 g/mol. The Labute approximate surface area is 107 Å². The van der Waals surface area contributed by atoms with Crippen LogP contribution < -0.4 is 5.73 Å². The summed E-state index contributed by atoms with van der Waals surface area (Å²) < 4.78 is 5.54. The van der Waals surface area contributed by atoms with Crippen LogP contribution in [-0.2, 0) is 4.74 Å². The molecule has 102 valence electrons. The highest BCUT2D eigenvalue weighted by molar-refractivity contribution is 5.05. The second-order valence-electron chi connectivity index (χ2n) is 6.08. The summed E-state index contributed by atoms with van der Waals surface area (Å²) >= 11 is 0. The molecule has 1 rings (SSSR count). The molecule has 1 saturated heterocycles. The van der Waals surface area contributed by atoms with Crippen molar-refractivity contribution in [3.05, 3.63) is 0 Å². The Kier molecular flexibility index (Phi) is 5.94. The molecule has 1 fully saturated rings. The lowest BCUT2D eigenvalue weighted by molar-refractivity contribution is 0.265. The van der Waals surface area contributed by atoms with Crippen LogP contribution in [0.2, 0.25) is 0 Å². The molecule has 2 N–H and O–H groups in total. The fourth-order valence-corrected chi connectivity index (χ4v) is 2.48. The summed E-state index contributed by atoms with van der Waals surface area (Å²) in [5.41, 5.74) is 5.71. The van der Waals surface area contributed by atoms with E-state index in [1.54, 1.807) is 0 Å². The summed E-state index contributed by atoms with van der Waals surface area (Å²) in [6.45, 7) is 6.44. The predicted octanol–water partition coefficient (Wildman–Crippen LogP) is 4.37. The second-order valence-corrected chi connectivity index (χ2v) is 6.08. The topological polar surface area (TPSA) is 38.5 Å². The maximum atomic E-state index is 6.10. The average Bonchev–Trinajstić information content (AvgIpc) is 2.76. The fourth-order valence-electron chi connectivity index (χ4n) is 2.48. The van der Waals surface area contributed by atoms with Crippen LogP contribution in [0.5, 0.6) is 0 Å². The molecule has 2 nitrogen and oxygen atoms in total. The molecule has 0 aromatic rings. The minimum absolute atomic E-state index is 0.0762. The maximum Gasteiger partial charge on any atom is 0.146 e. The first-order chi connectivity index (χ1) is 8.02. The molecule has 0 aliphatic carbocycles. The highest BCUT2D eigenvalue weighted by Crippen LogP contribution is 2.46. The van der Waals surface area contributed by atoms with Gasteiger partial charge in [-0.25, -0.2) is 0 Å². The minimum Gasteiger partial charge on any atom is -0.347 e. The van der Waals surface area contributed by atoms with Gasteiger partial charge in [0.2, 0.25) is 0 Å². The third-order valence-corrected chi connectivity index (χ3v) is 4.07. The van der Waals surface area contributed by atoms with Crippen LogP contribution in [0.15, 0.2) is 0 Å². The summed E-state index contributed by atoms with van der Waals surface area (Å²) in [5, 5.41) is 0. The zero-order valence-corrected chi connectivity index (χ0v) is 12.1. The molecule has 0 amide bonds. The summed E-state index contributed by atoms with van der Waals surface area (Å²) in [4.78, 5) is 0. The van der Waals surface area contributed by atoms with Gasteiger partial charge in [0, 0.05) is 0 Å². The first kappa shape index (κ1) is 15.0. The molecule has 1 unspecified atom stereocenters. The maximum absolute atomic E-state index is 6.10. The van der Waals surface area contributed by atoms with Crippen molar-refractivity contribution < 1.29 is 4.74 Å². The van der Waals surface area contributed by atoms with Crippen molar-refractivity contribution in [3.63, 3.8) is 0 Å². The minimum atomic E-state index is -0.311. The Morgan fingerprint density at radius 2 is 1.24 bits per heavy atom. The van der Waals surface area contributed by atoms with E-state index in [-0.39, 0.29) is 11.3 Å². The molecular weight excluding hydrogens is 210 g/mol. The lowest BCUT2D eigenvalue weighted by Gasteiger charge is -2.08. The molecule has 2 heteroatoms. The number of ether oxygens (including phenoxy) is 1. The molecule has 0 spiro atoms. The molecule has 1 heterocycles. The van der Waals surface area contributed by atoms with Crippen molar-refractivity contribution in [2.45, 2.75) is 96.3 Å². The third kappa shape index (κ3) is 4.97. The Hall–Kier alpha value is -0.0800. The fraction of sp³-hybridized carbons (Fsp3) is 1.00. The lowest BCUT2D eigenvalue weighted by Crippen LogP contribution is -2.31. The van der Waals surface area contributed by atoms with Gasteiger partial charge in [-0.1, -0.05) is 58.3 Å². The number of hydrogen-bond donors (Lipinski definition) is 1. The van der Waals surface area contributed by atoms with E-state index in [0.29, 0.717) is 0 Å². The van der Waals surface area contributed by atoms with Gasteiger partial charge in [-0.2, -0.15) is 0 Å². The summed E-state index contributed by atoms with van der Waals surface area (Å²) in [7, 11) is 0. The van der Waals surface area contributed by atoms with Crippen molar-refractivity contribution in [2.24, 2.45) is 5.73 Å². The van der Waals surface area contributed by atoms with E-state index in [1.807, 2.05) is 0 Å². The molecule has 17 heavy (non-hydrogen) atoms. The largest absolute Gasteiger partial charge is 0.347 e. The van der Waals surface area contributed by atoms with Crippen LogP contribution in [0.1, 0.15) is 85.0 Å². The number of rotatable bonds is 10. The molecule has 0 aromatic heterocycles. The van der Waals surface area contributed by atoms with Crippen LogP contribution >= 0.6 is 0 Å². The number of nitrogens with two attached hydrogens (primary N) is 1. The third-order valence-electron chi connectivity index (χ3n) is 4.07. The summed E-state index contributed by atoms with van der Waals surface area (Å²) in [6, 6.07) is 0. The van der Waals surface area contributed by atoms with E-state index >= 15 is 0 Å².